The third-order valence-electron chi connectivity index (χ3n) is 2.59. The third kappa shape index (κ3) is 3.10. The third-order valence-corrected chi connectivity index (χ3v) is 3.53. The topological polar surface area (TPSA) is 105 Å². The SMILES string of the molecule is CN(Cc1ncn[nH]1)C(=O)c1cc([N+](=O)[O-])ccc1I. The molecule has 0 unspecified atom stereocenters. The minimum Gasteiger partial charge on any atom is -0.334 e. The van der Waals surface area contributed by atoms with Crippen molar-refractivity contribution in [2.24, 2.45) is 0 Å². The lowest BCUT2D eigenvalue weighted by Gasteiger charge is -2.16. The summed E-state index contributed by atoms with van der Waals surface area (Å²) in [5, 5.41) is 17.1. The van der Waals surface area contributed by atoms with E-state index in [0.717, 1.165) is 0 Å². The highest BCUT2D eigenvalue weighted by Crippen LogP contribution is 2.21. The average Bonchev–Trinajstić information content (AvgIpc) is 2.91. The number of nitro benzene ring substituents is 1. The van der Waals surface area contributed by atoms with Crippen LogP contribution in [0.2, 0.25) is 0 Å². The molecule has 0 radical (unpaired) electrons. The van der Waals surface area contributed by atoms with E-state index in [2.05, 4.69) is 15.2 Å². The van der Waals surface area contributed by atoms with Crippen LogP contribution < -0.4 is 0 Å². The molecule has 0 fully saturated rings. The van der Waals surface area contributed by atoms with E-state index in [1.165, 1.54) is 23.4 Å². The van der Waals surface area contributed by atoms with Gasteiger partial charge in [-0.05, 0) is 28.7 Å². The zero-order valence-corrected chi connectivity index (χ0v) is 12.6. The van der Waals surface area contributed by atoms with Gasteiger partial charge in [0.1, 0.15) is 12.2 Å². The number of aromatic amines is 1. The van der Waals surface area contributed by atoms with Crippen LogP contribution >= 0.6 is 22.6 Å². The van der Waals surface area contributed by atoms with Gasteiger partial charge in [-0.2, -0.15) is 5.10 Å². The monoisotopic (exact) mass is 387 g/mol. The van der Waals surface area contributed by atoms with Crippen molar-refractivity contribution in [1.29, 1.82) is 0 Å². The number of aromatic nitrogens is 3. The van der Waals surface area contributed by atoms with Crippen LogP contribution in [0.3, 0.4) is 0 Å². The second-order valence-electron chi connectivity index (χ2n) is 4.01. The molecular weight excluding hydrogens is 377 g/mol. The summed E-state index contributed by atoms with van der Waals surface area (Å²) in [5.74, 6) is 0.232. The molecule has 0 aliphatic heterocycles. The number of hydrogen-bond acceptors (Lipinski definition) is 5. The number of benzene rings is 1. The van der Waals surface area contributed by atoms with Gasteiger partial charge in [0, 0.05) is 22.8 Å². The van der Waals surface area contributed by atoms with E-state index in [1.807, 2.05) is 22.6 Å². The fraction of sp³-hybridized carbons (Fsp3) is 0.182. The summed E-state index contributed by atoms with van der Waals surface area (Å²) in [6, 6.07) is 4.20. The number of rotatable bonds is 4. The predicted molar refractivity (Wildman–Crippen MR) is 78.0 cm³/mol. The predicted octanol–water partition coefficient (Wildman–Crippen LogP) is 1.59. The van der Waals surface area contributed by atoms with Gasteiger partial charge >= 0.3 is 0 Å². The molecule has 2 rings (SSSR count). The summed E-state index contributed by atoms with van der Waals surface area (Å²) in [6.45, 7) is 0.248. The van der Waals surface area contributed by atoms with Crippen LogP contribution in [0, 0.1) is 13.7 Å². The van der Waals surface area contributed by atoms with Gasteiger partial charge in [0.25, 0.3) is 11.6 Å². The van der Waals surface area contributed by atoms with E-state index >= 15 is 0 Å². The van der Waals surface area contributed by atoms with Crippen molar-refractivity contribution in [3.63, 3.8) is 0 Å². The largest absolute Gasteiger partial charge is 0.334 e. The second-order valence-corrected chi connectivity index (χ2v) is 5.18. The molecule has 0 aliphatic carbocycles. The molecule has 2 aromatic rings. The first-order chi connectivity index (χ1) is 9.49. The molecule has 0 spiro atoms. The molecule has 1 N–H and O–H groups in total. The number of carbonyl (C=O) groups is 1. The lowest BCUT2D eigenvalue weighted by Crippen LogP contribution is -2.27. The van der Waals surface area contributed by atoms with Crippen LogP contribution in [0.25, 0.3) is 0 Å². The van der Waals surface area contributed by atoms with Crippen LogP contribution in [0.15, 0.2) is 24.5 Å². The fourth-order valence-corrected chi connectivity index (χ4v) is 2.17. The van der Waals surface area contributed by atoms with E-state index in [1.54, 1.807) is 13.1 Å². The molecule has 0 atom stereocenters. The number of nitrogens with one attached hydrogen (secondary N) is 1. The maximum atomic E-state index is 12.3. The van der Waals surface area contributed by atoms with E-state index < -0.39 is 4.92 Å². The summed E-state index contributed by atoms with van der Waals surface area (Å²) < 4.78 is 0.655. The zero-order chi connectivity index (χ0) is 14.7. The van der Waals surface area contributed by atoms with Crippen molar-refractivity contribution in [2.45, 2.75) is 6.54 Å². The van der Waals surface area contributed by atoms with Gasteiger partial charge in [-0.15, -0.1) is 0 Å². The summed E-state index contributed by atoms with van der Waals surface area (Å²) in [5.41, 5.74) is 0.184. The van der Waals surface area contributed by atoms with Gasteiger partial charge < -0.3 is 4.90 Å². The quantitative estimate of drug-likeness (QED) is 0.487. The molecule has 1 heterocycles. The Hall–Kier alpha value is -2.04. The maximum absolute atomic E-state index is 12.3. The zero-order valence-electron chi connectivity index (χ0n) is 10.4. The normalized spacial score (nSPS) is 10.3. The van der Waals surface area contributed by atoms with E-state index in [9.17, 15) is 14.9 Å². The Kier molecular flexibility index (Phi) is 4.27. The molecule has 0 bridgehead atoms. The van der Waals surface area contributed by atoms with Crippen molar-refractivity contribution in [2.75, 3.05) is 7.05 Å². The second kappa shape index (κ2) is 5.94. The summed E-state index contributed by atoms with van der Waals surface area (Å²) in [7, 11) is 1.60. The molecule has 8 nitrogen and oxygen atoms in total. The fourth-order valence-electron chi connectivity index (χ4n) is 1.60. The molecule has 9 heteroatoms. The summed E-state index contributed by atoms with van der Waals surface area (Å²) in [6.07, 6.45) is 1.35. The standard InChI is InChI=1S/C11H10IN5O3/c1-16(5-10-13-6-14-15-10)11(18)8-4-7(17(19)20)2-3-9(8)12/h2-4,6H,5H2,1H3,(H,13,14,15). The number of halogens is 1. The Morgan fingerprint density at radius 2 is 2.30 bits per heavy atom. The number of amides is 1. The number of non-ortho nitro benzene ring substituents is 1. The first kappa shape index (κ1) is 14.4. The smallest absolute Gasteiger partial charge is 0.270 e. The minimum absolute atomic E-state index is 0.109. The average molecular weight is 387 g/mol. The van der Waals surface area contributed by atoms with Gasteiger partial charge in [0.2, 0.25) is 0 Å². The Morgan fingerprint density at radius 1 is 1.55 bits per heavy atom. The molecule has 0 saturated heterocycles. The molecular formula is C11H10IN5O3. The van der Waals surface area contributed by atoms with Gasteiger partial charge in [0.05, 0.1) is 17.0 Å². The molecule has 20 heavy (non-hydrogen) atoms. The van der Waals surface area contributed by atoms with E-state index in [0.29, 0.717) is 15.0 Å². The van der Waals surface area contributed by atoms with Crippen LogP contribution in [0.4, 0.5) is 5.69 Å². The minimum atomic E-state index is -0.524. The van der Waals surface area contributed by atoms with Crippen molar-refractivity contribution < 1.29 is 9.72 Å². The van der Waals surface area contributed by atoms with Gasteiger partial charge in [-0.3, -0.25) is 20.0 Å². The van der Waals surface area contributed by atoms with Gasteiger partial charge in [-0.25, -0.2) is 4.98 Å². The van der Waals surface area contributed by atoms with Crippen molar-refractivity contribution in [3.8, 4) is 0 Å². The summed E-state index contributed by atoms with van der Waals surface area (Å²) >= 11 is 1.97. The first-order valence-corrected chi connectivity index (χ1v) is 6.60. The van der Waals surface area contributed by atoms with Crippen LogP contribution in [0.1, 0.15) is 16.2 Å². The molecule has 1 aromatic heterocycles. The Balaban J connectivity index is 2.23. The van der Waals surface area contributed by atoms with E-state index in [4.69, 9.17) is 0 Å². The molecule has 0 saturated carbocycles. The molecule has 1 aromatic carbocycles. The number of carbonyl (C=O) groups excluding carboxylic acids is 1. The van der Waals surface area contributed by atoms with E-state index in [-0.39, 0.29) is 18.1 Å². The molecule has 0 aliphatic rings. The lowest BCUT2D eigenvalue weighted by atomic mass is 10.2. The highest BCUT2D eigenvalue weighted by Gasteiger charge is 2.19. The van der Waals surface area contributed by atoms with Gasteiger partial charge in [-0.1, -0.05) is 0 Å². The number of hydrogen-bond donors (Lipinski definition) is 1. The van der Waals surface area contributed by atoms with Crippen molar-refractivity contribution in [1.82, 2.24) is 20.1 Å². The van der Waals surface area contributed by atoms with Crippen LogP contribution in [0.5, 0.6) is 0 Å². The Morgan fingerprint density at radius 3 is 2.90 bits per heavy atom. The number of nitrogens with zero attached hydrogens (tertiary/aromatic N) is 4. The Bertz CT molecular complexity index is 644. The first-order valence-electron chi connectivity index (χ1n) is 5.52. The number of nitro groups is 1. The van der Waals surface area contributed by atoms with Crippen molar-refractivity contribution in [3.05, 3.63) is 49.6 Å². The van der Waals surface area contributed by atoms with Crippen LogP contribution in [-0.4, -0.2) is 38.0 Å². The summed E-state index contributed by atoms with van der Waals surface area (Å²) in [4.78, 5) is 27.9. The van der Waals surface area contributed by atoms with Gasteiger partial charge in [0.15, 0.2) is 0 Å². The molecule has 1 amide bonds. The lowest BCUT2D eigenvalue weighted by molar-refractivity contribution is -0.384. The molecule has 104 valence electrons. The van der Waals surface area contributed by atoms with Crippen LogP contribution in [-0.2, 0) is 6.54 Å². The highest BCUT2D eigenvalue weighted by atomic mass is 127. The Labute approximate surface area is 127 Å². The highest BCUT2D eigenvalue weighted by molar-refractivity contribution is 14.1. The van der Waals surface area contributed by atoms with Crippen molar-refractivity contribution >= 4 is 34.2 Å². The maximum Gasteiger partial charge on any atom is 0.270 e. The number of H-pyrrole nitrogens is 1.